The van der Waals surface area contributed by atoms with Crippen molar-refractivity contribution >= 4 is 10.9 Å². The normalized spacial score (nSPS) is 20.5. The molecule has 3 fully saturated rings. The van der Waals surface area contributed by atoms with Crippen LogP contribution in [0.4, 0.5) is 0 Å². The predicted octanol–water partition coefficient (Wildman–Crippen LogP) is 6.63. The SMILES string of the molecule is C=C[C@H]1C[N+]2(Cc3ccccc3)CC[C@H]1C[C@@H]2[C@@H](O)c1ccnc2ccccc12.CCCCCCCCCCCCCCCC[N+](C)(C)Cc1ccccc1.[Cl-].[Cl-]. The van der Waals surface area contributed by atoms with Gasteiger partial charge < -0.3 is 38.9 Å². The summed E-state index contributed by atoms with van der Waals surface area (Å²) in [5, 5.41) is 12.8. The molecule has 4 nitrogen and oxygen atoms in total. The van der Waals surface area contributed by atoms with Crippen molar-refractivity contribution in [3.63, 3.8) is 0 Å². The van der Waals surface area contributed by atoms with Crippen molar-refractivity contribution < 1.29 is 38.9 Å². The molecule has 0 radical (unpaired) electrons. The summed E-state index contributed by atoms with van der Waals surface area (Å²) in [5.41, 5.74) is 4.79. The van der Waals surface area contributed by atoms with Crippen molar-refractivity contribution in [2.24, 2.45) is 11.8 Å². The number of nitrogens with zero attached hydrogens (tertiary/aromatic N) is 3. The van der Waals surface area contributed by atoms with Gasteiger partial charge in [0.15, 0.2) is 0 Å². The maximum Gasteiger partial charge on any atom is 0.131 e. The van der Waals surface area contributed by atoms with Crippen LogP contribution < -0.4 is 24.8 Å². The number of pyridine rings is 1. The molecule has 3 aliphatic rings. The van der Waals surface area contributed by atoms with E-state index in [-0.39, 0.29) is 30.9 Å². The molecule has 4 aromatic rings. The van der Waals surface area contributed by atoms with E-state index in [2.05, 4.69) is 105 Å². The molecule has 4 heterocycles. The fourth-order valence-electron chi connectivity index (χ4n) is 9.80. The third-order valence-electron chi connectivity index (χ3n) is 13.0. The standard InChI is InChI=1S/C26H29N2O.C25H46N.2ClH/c1-2-20-18-28(17-19-8-4-3-5-9-19)15-13-21(20)16-25(28)26(29)23-12-14-27-24-11-7-6-10-22(23)24;1-4-5-6-7-8-9-10-11-12-13-14-15-16-20-23-26(2,3)24-25-21-18-17-19-22-25;;/h2-12,14,20-21,25-26,29H,1,13,15-18H2;17-19,21-22H,4-16,20,23-24H2,1-3H3;2*1H/q2*+1;;/p-2/t20-,21-,25+,26-,28?;;;/m0.../s1. The molecule has 3 aromatic carbocycles. The molecule has 3 saturated heterocycles. The molecular formula is C51H75Cl2N3O. The number of unbranched alkanes of at least 4 members (excludes halogenated alkanes) is 13. The zero-order valence-corrected chi connectivity index (χ0v) is 37.2. The zero-order valence-electron chi connectivity index (χ0n) is 35.7. The van der Waals surface area contributed by atoms with Gasteiger partial charge in [-0.05, 0) is 36.5 Å². The fraction of sp³-hybridized carbons (Fsp3) is 0.549. The highest BCUT2D eigenvalue weighted by molar-refractivity contribution is 5.82. The molecule has 7 rings (SSSR count). The lowest BCUT2D eigenvalue weighted by Crippen LogP contribution is -3.00. The van der Waals surface area contributed by atoms with Crippen LogP contribution in [-0.4, -0.2) is 58.8 Å². The molecule has 0 amide bonds. The third-order valence-corrected chi connectivity index (χ3v) is 13.0. The molecule has 2 bridgehead atoms. The second-order valence-corrected chi connectivity index (χ2v) is 17.8. The van der Waals surface area contributed by atoms with E-state index in [4.69, 9.17) is 0 Å². The monoisotopic (exact) mass is 816 g/mol. The molecular weight excluding hydrogens is 741 g/mol. The number of hydrogen-bond acceptors (Lipinski definition) is 2. The van der Waals surface area contributed by atoms with Gasteiger partial charge >= 0.3 is 0 Å². The summed E-state index contributed by atoms with van der Waals surface area (Å²) in [4.78, 5) is 4.50. The van der Waals surface area contributed by atoms with E-state index in [0.717, 1.165) is 58.0 Å². The van der Waals surface area contributed by atoms with Crippen LogP contribution in [-0.2, 0) is 13.1 Å². The highest BCUT2D eigenvalue weighted by Gasteiger charge is 2.54. The Morgan fingerprint density at radius 1 is 0.737 bits per heavy atom. The van der Waals surface area contributed by atoms with Crippen LogP contribution in [0.5, 0.6) is 0 Å². The van der Waals surface area contributed by atoms with Crippen LogP contribution in [0.1, 0.15) is 132 Å². The third kappa shape index (κ3) is 15.1. The average Bonchev–Trinajstić information content (AvgIpc) is 3.21. The van der Waals surface area contributed by atoms with Gasteiger partial charge in [0.1, 0.15) is 25.2 Å². The quantitative estimate of drug-likeness (QED) is 0.0550. The number of piperidine rings is 3. The minimum atomic E-state index is -0.486. The summed E-state index contributed by atoms with van der Waals surface area (Å²) in [6.45, 7) is 12.1. The van der Waals surface area contributed by atoms with Crippen LogP contribution in [0.15, 0.2) is 110 Å². The Morgan fingerprint density at radius 3 is 1.88 bits per heavy atom. The summed E-state index contributed by atoms with van der Waals surface area (Å²) in [6, 6.07) is 32.1. The topological polar surface area (TPSA) is 33.1 Å². The number of aliphatic hydroxyl groups is 1. The lowest BCUT2D eigenvalue weighted by molar-refractivity contribution is -0.984. The lowest BCUT2D eigenvalue weighted by atomic mass is 9.71. The highest BCUT2D eigenvalue weighted by Crippen LogP contribution is 2.48. The molecule has 6 heteroatoms. The molecule has 1 N–H and O–H groups in total. The average molecular weight is 817 g/mol. The number of quaternary nitrogens is 2. The number of benzene rings is 3. The van der Waals surface area contributed by atoms with Crippen LogP contribution in [0, 0.1) is 11.8 Å². The highest BCUT2D eigenvalue weighted by atomic mass is 35.5. The first-order chi connectivity index (χ1) is 26.8. The van der Waals surface area contributed by atoms with Gasteiger partial charge in [0, 0.05) is 41.5 Å². The first kappa shape index (κ1) is 48.6. The first-order valence-electron chi connectivity index (χ1n) is 22.2. The Kier molecular flexibility index (Phi) is 21.9. The summed E-state index contributed by atoms with van der Waals surface area (Å²) < 4.78 is 2.07. The number of halogens is 2. The number of fused-ring (bicyclic) bond motifs is 4. The molecule has 0 aliphatic carbocycles. The van der Waals surface area contributed by atoms with E-state index in [1.807, 2.05) is 30.5 Å². The summed E-state index contributed by atoms with van der Waals surface area (Å²) in [7, 11) is 4.74. The smallest absolute Gasteiger partial charge is 0.131 e. The van der Waals surface area contributed by atoms with E-state index in [0.29, 0.717) is 11.8 Å². The summed E-state index contributed by atoms with van der Waals surface area (Å²) >= 11 is 0. The van der Waals surface area contributed by atoms with Crippen LogP contribution >= 0.6 is 0 Å². The fourth-order valence-corrected chi connectivity index (χ4v) is 9.80. The minimum Gasteiger partial charge on any atom is -1.00 e. The molecule has 0 spiro atoms. The van der Waals surface area contributed by atoms with Crippen molar-refractivity contribution in [3.05, 3.63) is 127 Å². The van der Waals surface area contributed by atoms with Gasteiger partial charge in [0.25, 0.3) is 0 Å². The van der Waals surface area contributed by atoms with E-state index in [1.54, 1.807) is 0 Å². The largest absolute Gasteiger partial charge is 1.00 e. The van der Waals surface area contributed by atoms with Crippen molar-refractivity contribution in [2.75, 3.05) is 33.7 Å². The van der Waals surface area contributed by atoms with Gasteiger partial charge in [-0.1, -0.05) is 169 Å². The number of hydrogen-bond donors (Lipinski definition) is 1. The minimum absolute atomic E-state index is 0. The van der Waals surface area contributed by atoms with Crippen LogP contribution in [0.25, 0.3) is 10.9 Å². The molecule has 5 atom stereocenters. The number of para-hydroxylation sites is 1. The van der Waals surface area contributed by atoms with Gasteiger partial charge in [0.2, 0.25) is 0 Å². The van der Waals surface area contributed by atoms with Crippen LogP contribution in [0.3, 0.4) is 0 Å². The van der Waals surface area contributed by atoms with E-state index in [9.17, 15) is 5.11 Å². The molecule has 1 unspecified atom stereocenters. The molecule has 57 heavy (non-hydrogen) atoms. The van der Waals surface area contributed by atoms with Crippen molar-refractivity contribution in [2.45, 2.75) is 135 Å². The second kappa shape index (κ2) is 25.7. The Bertz CT molecular complexity index is 1660. The maximum absolute atomic E-state index is 11.7. The van der Waals surface area contributed by atoms with Gasteiger partial charge in [-0.2, -0.15) is 0 Å². The predicted molar refractivity (Wildman–Crippen MR) is 234 cm³/mol. The Hall–Kier alpha value is -2.73. The molecule has 1 aromatic heterocycles. The maximum atomic E-state index is 11.7. The Balaban J connectivity index is 0.000000298. The molecule has 0 saturated carbocycles. The van der Waals surface area contributed by atoms with Crippen molar-refractivity contribution in [3.8, 4) is 0 Å². The number of rotatable bonds is 22. The van der Waals surface area contributed by atoms with E-state index in [1.165, 1.54) is 114 Å². The molecule has 314 valence electrons. The number of aromatic nitrogens is 1. The van der Waals surface area contributed by atoms with Gasteiger partial charge in [-0.25, -0.2) is 0 Å². The Labute approximate surface area is 360 Å². The Morgan fingerprint density at radius 2 is 1.28 bits per heavy atom. The van der Waals surface area contributed by atoms with Gasteiger partial charge in [-0.15, -0.1) is 6.58 Å². The number of aliphatic hydroxyl groups excluding tert-OH is 1. The lowest BCUT2D eigenvalue weighted by Gasteiger charge is -2.58. The summed E-state index contributed by atoms with van der Waals surface area (Å²) in [5.74, 6) is 1.18. The second-order valence-electron chi connectivity index (χ2n) is 17.8. The zero-order chi connectivity index (χ0) is 38.8. The van der Waals surface area contributed by atoms with Crippen molar-refractivity contribution in [1.82, 2.24) is 4.98 Å². The van der Waals surface area contributed by atoms with E-state index >= 15 is 0 Å². The van der Waals surface area contributed by atoms with Crippen LogP contribution in [0.2, 0.25) is 0 Å². The van der Waals surface area contributed by atoms with Gasteiger partial charge in [0.05, 0.1) is 39.2 Å². The van der Waals surface area contributed by atoms with Gasteiger partial charge in [-0.3, -0.25) is 4.98 Å². The van der Waals surface area contributed by atoms with E-state index < -0.39 is 6.10 Å². The molecule has 3 aliphatic heterocycles. The first-order valence-corrected chi connectivity index (χ1v) is 22.2. The van der Waals surface area contributed by atoms with Crippen molar-refractivity contribution in [1.29, 1.82) is 0 Å². The summed E-state index contributed by atoms with van der Waals surface area (Å²) in [6.07, 6.45) is 26.0.